The number of hydrogen-bond acceptors (Lipinski definition) is 7. The van der Waals surface area contributed by atoms with Gasteiger partial charge in [0.2, 0.25) is 5.78 Å². The highest BCUT2D eigenvalue weighted by Gasteiger charge is 2.75. The van der Waals surface area contributed by atoms with Crippen LogP contribution in [0.3, 0.4) is 0 Å². The van der Waals surface area contributed by atoms with E-state index >= 15 is 0 Å². The zero-order valence-corrected chi connectivity index (χ0v) is 20.5. The molecule has 5 rings (SSSR count). The first kappa shape index (κ1) is 23.9. The van der Waals surface area contributed by atoms with Crippen LogP contribution in [0.25, 0.3) is 0 Å². The summed E-state index contributed by atoms with van der Waals surface area (Å²) >= 11 is 0. The van der Waals surface area contributed by atoms with Crippen LogP contribution in [0, 0.1) is 28.6 Å². The highest BCUT2D eigenvalue weighted by Crippen LogP contribution is 2.69. The van der Waals surface area contributed by atoms with Crippen molar-refractivity contribution in [3.8, 4) is 0 Å². The third-order valence-electron chi connectivity index (χ3n) is 9.63. The molecule has 34 heavy (non-hydrogen) atoms. The van der Waals surface area contributed by atoms with Crippen molar-refractivity contribution in [3.63, 3.8) is 0 Å². The molecule has 4 aliphatic carbocycles. The molecule has 0 bridgehead atoms. The first-order valence-corrected chi connectivity index (χ1v) is 12.7. The number of esters is 1. The zero-order valence-electron chi connectivity index (χ0n) is 20.5. The Morgan fingerprint density at radius 3 is 2.76 bits per heavy atom. The second-order valence-corrected chi connectivity index (χ2v) is 11.3. The Bertz CT molecular complexity index is 968. The average Bonchev–Trinajstić information content (AvgIpc) is 3.25. The quantitative estimate of drug-likeness (QED) is 0.613. The fourth-order valence-corrected chi connectivity index (χ4v) is 8.28. The van der Waals surface area contributed by atoms with Crippen LogP contribution >= 0.6 is 0 Å². The molecule has 0 aromatic rings. The lowest BCUT2D eigenvalue weighted by molar-refractivity contribution is -0.201. The first-order valence-electron chi connectivity index (χ1n) is 12.7. The fourth-order valence-electron chi connectivity index (χ4n) is 8.28. The summed E-state index contributed by atoms with van der Waals surface area (Å²) in [6.07, 6.45) is 8.04. The summed E-state index contributed by atoms with van der Waals surface area (Å²) in [5.41, 5.74) is -1.17. The van der Waals surface area contributed by atoms with Crippen molar-refractivity contribution in [2.45, 2.75) is 90.3 Å². The van der Waals surface area contributed by atoms with E-state index in [0.717, 1.165) is 24.8 Å². The van der Waals surface area contributed by atoms with E-state index in [1.807, 2.05) is 13.0 Å². The van der Waals surface area contributed by atoms with Crippen molar-refractivity contribution in [3.05, 3.63) is 23.8 Å². The summed E-state index contributed by atoms with van der Waals surface area (Å²) in [5.74, 6) is -0.538. The van der Waals surface area contributed by atoms with Crippen molar-refractivity contribution >= 4 is 17.5 Å². The van der Waals surface area contributed by atoms with E-state index in [2.05, 4.69) is 13.8 Å². The predicted octanol–water partition coefficient (Wildman–Crippen LogP) is 3.29. The average molecular weight is 473 g/mol. The summed E-state index contributed by atoms with van der Waals surface area (Å²) in [6, 6.07) is 0. The topological polar surface area (TPSA) is 99.1 Å². The van der Waals surface area contributed by atoms with Gasteiger partial charge in [-0.2, -0.15) is 0 Å². The van der Waals surface area contributed by atoms with Gasteiger partial charge in [-0.05, 0) is 56.1 Å². The van der Waals surface area contributed by atoms with E-state index in [-0.39, 0.29) is 41.3 Å². The van der Waals surface area contributed by atoms with Crippen LogP contribution in [0.5, 0.6) is 0 Å². The Balaban J connectivity index is 1.53. The Hall–Kier alpha value is -1.83. The number of aliphatic hydroxyl groups is 1. The molecule has 186 valence electrons. The molecule has 7 nitrogen and oxygen atoms in total. The van der Waals surface area contributed by atoms with Crippen molar-refractivity contribution in [2.75, 3.05) is 6.61 Å². The van der Waals surface area contributed by atoms with Crippen molar-refractivity contribution in [2.24, 2.45) is 28.6 Å². The Labute approximate surface area is 200 Å². The largest absolute Gasteiger partial charge is 0.458 e. The van der Waals surface area contributed by atoms with Crippen LogP contribution in [0.2, 0.25) is 0 Å². The minimum Gasteiger partial charge on any atom is -0.458 e. The molecule has 0 aromatic heterocycles. The van der Waals surface area contributed by atoms with Crippen LogP contribution in [-0.2, 0) is 28.6 Å². The lowest BCUT2D eigenvalue weighted by Crippen LogP contribution is -2.63. The minimum atomic E-state index is -1.24. The van der Waals surface area contributed by atoms with Gasteiger partial charge in [0.1, 0.15) is 0 Å². The van der Waals surface area contributed by atoms with Gasteiger partial charge in [-0.3, -0.25) is 14.4 Å². The number of allylic oxidation sites excluding steroid dienone is 4. The van der Waals surface area contributed by atoms with Gasteiger partial charge in [0.05, 0.1) is 12.2 Å². The summed E-state index contributed by atoms with van der Waals surface area (Å²) in [5, 5.41) is 11.7. The maximum atomic E-state index is 13.7. The Kier molecular flexibility index (Phi) is 5.69. The number of rotatable bonds is 5. The fraction of sp³-hybridized carbons (Fsp3) is 0.741. The van der Waals surface area contributed by atoms with Crippen molar-refractivity contribution in [1.82, 2.24) is 0 Å². The molecule has 7 heteroatoms. The van der Waals surface area contributed by atoms with Gasteiger partial charge < -0.3 is 19.3 Å². The third-order valence-corrected chi connectivity index (χ3v) is 9.63. The molecule has 0 spiro atoms. The van der Waals surface area contributed by atoms with Gasteiger partial charge in [0.15, 0.2) is 24.3 Å². The van der Waals surface area contributed by atoms with E-state index in [1.54, 1.807) is 12.2 Å². The third kappa shape index (κ3) is 3.16. The second kappa shape index (κ2) is 8.10. The van der Waals surface area contributed by atoms with E-state index in [9.17, 15) is 19.5 Å². The Morgan fingerprint density at radius 1 is 1.29 bits per heavy atom. The van der Waals surface area contributed by atoms with Crippen LogP contribution in [0.1, 0.15) is 66.2 Å². The van der Waals surface area contributed by atoms with Crippen molar-refractivity contribution in [1.29, 1.82) is 0 Å². The molecular formula is C27H36O7. The highest BCUT2D eigenvalue weighted by atomic mass is 16.7. The van der Waals surface area contributed by atoms with E-state index < -0.39 is 35.5 Å². The maximum absolute atomic E-state index is 13.7. The molecule has 0 radical (unpaired) electrons. The van der Waals surface area contributed by atoms with Crippen molar-refractivity contribution < 1.29 is 33.7 Å². The number of carbonyl (C=O) groups is 3. The number of ether oxygens (including phenoxy) is 3. The monoisotopic (exact) mass is 472 g/mol. The van der Waals surface area contributed by atoms with Gasteiger partial charge in [-0.15, -0.1) is 0 Å². The van der Waals surface area contributed by atoms with Gasteiger partial charge in [-0.25, -0.2) is 0 Å². The first-order chi connectivity index (χ1) is 16.1. The molecule has 3 saturated carbocycles. The number of hydrogen-bond donors (Lipinski definition) is 1. The summed E-state index contributed by atoms with van der Waals surface area (Å²) in [4.78, 5) is 37.3. The molecule has 1 N–H and O–H groups in total. The molecule has 0 amide bonds. The minimum absolute atomic E-state index is 0.00949. The van der Waals surface area contributed by atoms with Gasteiger partial charge in [-0.1, -0.05) is 38.8 Å². The molecule has 0 aromatic carbocycles. The standard InChI is InChI=1S/C27H36O7/c1-5-6-23-33-22-12-19-18-8-7-16-11-17(29)9-10-25(16,3)24(18)20(30)13-26(19,4)27(22,34-23)21(31)14-32-15(2)28/h9-11,18-20,22-24,30H,5-8,12-14H2,1-4H3/t18-,19-,20-,22+,23+,24+,25-,26-,27+/m0/s1. The van der Waals surface area contributed by atoms with E-state index in [0.29, 0.717) is 19.3 Å². The van der Waals surface area contributed by atoms with E-state index in [1.165, 1.54) is 6.92 Å². The van der Waals surface area contributed by atoms with E-state index in [4.69, 9.17) is 14.2 Å². The van der Waals surface area contributed by atoms with Gasteiger partial charge in [0.25, 0.3) is 0 Å². The highest BCUT2D eigenvalue weighted by molar-refractivity contribution is 6.01. The lowest BCUT2D eigenvalue weighted by Gasteiger charge is -2.59. The molecular weight excluding hydrogens is 436 g/mol. The molecule has 1 heterocycles. The molecule has 5 aliphatic rings. The molecule has 0 unspecified atom stereocenters. The molecule has 1 saturated heterocycles. The Morgan fingerprint density at radius 2 is 2.06 bits per heavy atom. The van der Waals surface area contributed by atoms with Crippen LogP contribution in [0.15, 0.2) is 23.8 Å². The molecule has 4 fully saturated rings. The smallest absolute Gasteiger partial charge is 0.303 e. The number of ketones is 2. The molecule has 1 aliphatic heterocycles. The zero-order chi connectivity index (χ0) is 24.5. The summed E-state index contributed by atoms with van der Waals surface area (Å²) in [6.45, 7) is 7.18. The van der Waals surface area contributed by atoms with Crippen LogP contribution < -0.4 is 0 Å². The normalized spacial score (nSPS) is 46.7. The number of fused-ring (bicyclic) bond motifs is 7. The maximum Gasteiger partial charge on any atom is 0.303 e. The van der Waals surface area contributed by atoms with Gasteiger partial charge in [0, 0.05) is 23.7 Å². The second-order valence-electron chi connectivity index (χ2n) is 11.3. The summed E-state index contributed by atoms with van der Waals surface area (Å²) < 4.78 is 18.0. The van der Waals surface area contributed by atoms with Crippen LogP contribution in [-0.4, -0.2) is 53.3 Å². The van der Waals surface area contributed by atoms with Gasteiger partial charge >= 0.3 is 5.97 Å². The number of carbonyl (C=O) groups excluding carboxylic acids is 3. The predicted molar refractivity (Wildman–Crippen MR) is 122 cm³/mol. The number of aliphatic hydroxyl groups excluding tert-OH is 1. The lowest BCUT2D eigenvalue weighted by atomic mass is 9.46. The summed E-state index contributed by atoms with van der Waals surface area (Å²) in [7, 11) is 0. The van der Waals surface area contributed by atoms with Crippen LogP contribution in [0.4, 0.5) is 0 Å². The SMILES string of the molecule is CCC[C@@H]1O[C@@H]2C[C@H]3[C@@H]4CCC5=CC(=O)C=C[C@]5(C)[C@H]4[C@@H](O)C[C@]3(C)[C@]2(C(=O)COC(C)=O)O1. The number of Topliss-reactive ketones (excluding diaryl/α,β-unsaturated/α-hetero) is 1. The molecule has 9 atom stereocenters.